The molecule has 0 aliphatic rings. The number of esters is 2. The summed E-state index contributed by atoms with van der Waals surface area (Å²) in [5, 5.41) is 14.1. The number of aromatic hydroxyl groups is 1. The lowest BCUT2D eigenvalue weighted by atomic mass is 9.99. The molecule has 0 unspecified atom stereocenters. The van der Waals surface area contributed by atoms with Crippen molar-refractivity contribution < 1.29 is 29.0 Å². The summed E-state index contributed by atoms with van der Waals surface area (Å²) >= 11 is 0. The first kappa shape index (κ1) is 20.2. The molecule has 0 saturated carbocycles. The minimum absolute atomic E-state index is 0.0343. The largest absolute Gasteiger partial charge is 0.506 e. The van der Waals surface area contributed by atoms with Crippen molar-refractivity contribution in [2.45, 2.75) is 26.3 Å². The van der Waals surface area contributed by atoms with Gasteiger partial charge in [0.1, 0.15) is 17.4 Å². The normalized spacial score (nSPS) is 12.9. The molecule has 144 valence electrons. The van der Waals surface area contributed by atoms with Crippen LogP contribution in [0.2, 0.25) is 0 Å². The summed E-state index contributed by atoms with van der Waals surface area (Å²) in [6.45, 7) is 3.12. The van der Waals surface area contributed by atoms with Crippen molar-refractivity contribution in [2.24, 2.45) is 5.92 Å². The Morgan fingerprint density at radius 3 is 2.52 bits per heavy atom. The molecule has 0 saturated heterocycles. The van der Waals surface area contributed by atoms with Crippen LogP contribution in [0.5, 0.6) is 5.75 Å². The fourth-order valence-electron chi connectivity index (χ4n) is 2.64. The average molecular weight is 373 g/mol. The Bertz CT molecular complexity index is 847. The highest BCUT2D eigenvalue weighted by molar-refractivity contribution is 6.01. The highest BCUT2D eigenvalue weighted by atomic mass is 16.5. The highest BCUT2D eigenvalue weighted by Crippen LogP contribution is 2.28. The lowest BCUT2D eigenvalue weighted by Crippen LogP contribution is -2.47. The number of ether oxygens (including phenoxy) is 2. The summed E-state index contributed by atoms with van der Waals surface area (Å²) in [7, 11) is 1.24. The lowest BCUT2D eigenvalue weighted by molar-refractivity contribution is -0.147. The number of fused-ring (bicyclic) bond motifs is 1. The molecule has 0 aliphatic heterocycles. The molecule has 0 radical (unpaired) electrons. The molecule has 2 aromatic carbocycles. The van der Waals surface area contributed by atoms with E-state index in [4.69, 9.17) is 9.47 Å². The van der Waals surface area contributed by atoms with Crippen LogP contribution in [0.4, 0.5) is 0 Å². The second kappa shape index (κ2) is 9.02. The number of carbonyl (C=O) groups excluding carboxylic acids is 3. The minimum atomic E-state index is -0.827. The third-order valence-electron chi connectivity index (χ3n) is 4.44. The van der Waals surface area contributed by atoms with E-state index in [9.17, 15) is 19.5 Å². The van der Waals surface area contributed by atoms with E-state index in [1.807, 2.05) is 13.0 Å². The van der Waals surface area contributed by atoms with Crippen molar-refractivity contribution in [2.75, 3.05) is 13.7 Å². The van der Waals surface area contributed by atoms with Crippen LogP contribution in [-0.2, 0) is 19.1 Å². The lowest BCUT2D eigenvalue weighted by Gasteiger charge is -2.21. The van der Waals surface area contributed by atoms with Crippen LogP contribution in [-0.4, -0.2) is 42.7 Å². The predicted molar refractivity (Wildman–Crippen MR) is 99.3 cm³/mol. The molecule has 1 amide bonds. The van der Waals surface area contributed by atoms with Crippen LogP contribution in [0, 0.1) is 5.92 Å². The topological polar surface area (TPSA) is 102 Å². The number of hydrogen-bond donors (Lipinski definition) is 2. The van der Waals surface area contributed by atoms with Gasteiger partial charge in [0.2, 0.25) is 0 Å². The minimum Gasteiger partial charge on any atom is -0.506 e. The van der Waals surface area contributed by atoms with Gasteiger partial charge in [-0.05, 0) is 17.4 Å². The summed E-state index contributed by atoms with van der Waals surface area (Å²) in [5.41, 5.74) is -0.0343. The van der Waals surface area contributed by atoms with E-state index >= 15 is 0 Å². The molecular formula is C20H23NO6. The first-order chi connectivity index (χ1) is 12.9. The van der Waals surface area contributed by atoms with Crippen molar-refractivity contribution in [3.8, 4) is 5.75 Å². The van der Waals surface area contributed by atoms with Gasteiger partial charge in [0.25, 0.3) is 5.91 Å². The van der Waals surface area contributed by atoms with Crippen LogP contribution in [0.1, 0.15) is 30.6 Å². The highest BCUT2D eigenvalue weighted by Gasteiger charge is 2.27. The first-order valence-electron chi connectivity index (χ1n) is 8.64. The quantitative estimate of drug-likeness (QED) is 0.723. The number of nitrogens with one attached hydrogen (secondary N) is 1. The summed E-state index contributed by atoms with van der Waals surface area (Å²) < 4.78 is 9.68. The summed E-state index contributed by atoms with van der Waals surface area (Å²) in [5.74, 6) is -2.35. The Morgan fingerprint density at radius 2 is 1.85 bits per heavy atom. The van der Waals surface area contributed by atoms with E-state index < -0.39 is 30.5 Å². The van der Waals surface area contributed by atoms with Gasteiger partial charge in [-0.3, -0.25) is 4.79 Å². The number of phenols is 1. The molecule has 0 aromatic heterocycles. The SMILES string of the molecule is CC[C@H](C)[C@H](NC(=O)COC(=O)c1ccc2ccccc2c1O)C(=O)OC. The Hall–Kier alpha value is -3.09. The fraction of sp³-hybridized carbons (Fsp3) is 0.350. The molecule has 7 heteroatoms. The van der Waals surface area contributed by atoms with E-state index in [0.29, 0.717) is 11.8 Å². The van der Waals surface area contributed by atoms with E-state index in [2.05, 4.69) is 5.32 Å². The third-order valence-corrected chi connectivity index (χ3v) is 4.44. The van der Waals surface area contributed by atoms with E-state index in [0.717, 1.165) is 5.39 Å². The molecule has 0 heterocycles. The first-order valence-corrected chi connectivity index (χ1v) is 8.64. The summed E-state index contributed by atoms with van der Waals surface area (Å²) in [4.78, 5) is 36.1. The number of amides is 1. The van der Waals surface area contributed by atoms with E-state index in [-0.39, 0.29) is 17.2 Å². The fourth-order valence-corrected chi connectivity index (χ4v) is 2.64. The van der Waals surface area contributed by atoms with E-state index in [1.165, 1.54) is 13.2 Å². The van der Waals surface area contributed by atoms with Gasteiger partial charge in [0.05, 0.1) is 7.11 Å². The third kappa shape index (κ3) is 4.75. The maximum absolute atomic E-state index is 12.2. The van der Waals surface area contributed by atoms with Crippen molar-refractivity contribution >= 4 is 28.6 Å². The van der Waals surface area contributed by atoms with Gasteiger partial charge in [-0.2, -0.15) is 0 Å². The number of rotatable bonds is 7. The van der Waals surface area contributed by atoms with E-state index in [1.54, 1.807) is 31.2 Å². The summed E-state index contributed by atoms with van der Waals surface area (Å²) in [6.07, 6.45) is 0.658. The maximum atomic E-state index is 12.2. The van der Waals surface area contributed by atoms with Crippen LogP contribution in [0.15, 0.2) is 36.4 Å². The molecular weight excluding hydrogens is 350 g/mol. The zero-order valence-electron chi connectivity index (χ0n) is 15.5. The van der Waals surface area contributed by atoms with Gasteiger partial charge in [0, 0.05) is 5.39 Å². The van der Waals surface area contributed by atoms with Crippen molar-refractivity contribution in [1.29, 1.82) is 0 Å². The number of hydrogen-bond acceptors (Lipinski definition) is 6. The maximum Gasteiger partial charge on any atom is 0.342 e. The van der Waals surface area contributed by atoms with Crippen molar-refractivity contribution in [1.82, 2.24) is 5.32 Å². The van der Waals surface area contributed by atoms with Crippen LogP contribution >= 0.6 is 0 Å². The standard InChI is InChI=1S/C20H23NO6/c1-4-12(2)17(20(25)26-3)21-16(22)11-27-19(24)15-10-9-13-7-5-6-8-14(13)18(15)23/h5-10,12,17,23H,4,11H2,1-3H3,(H,21,22)/t12-,17-/m0/s1. The monoisotopic (exact) mass is 373 g/mol. The van der Waals surface area contributed by atoms with Gasteiger partial charge in [-0.15, -0.1) is 0 Å². The Kier molecular flexibility index (Phi) is 6.76. The Labute approximate surface area is 157 Å². The smallest absolute Gasteiger partial charge is 0.342 e. The van der Waals surface area contributed by atoms with Gasteiger partial charge in [-0.25, -0.2) is 9.59 Å². The molecule has 2 atom stereocenters. The Balaban J connectivity index is 2.03. The van der Waals surface area contributed by atoms with Crippen molar-refractivity contribution in [3.05, 3.63) is 42.0 Å². The van der Waals surface area contributed by atoms with Gasteiger partial charge in [-0.1, -0.05) is 50.6 Å². The van der Waals surface area contributed by atoms with Gasteiger partial charge in [0.15, 0.2) is 6.61 Å². The molecule has 27 heavy (non-hydrogen) atoms. The molecule has 2 aromatic rings. The van der Waals surface area contributed by atoms with Gasteiger partial charge < -0.3 is 19.9 Å². The predicted octanol–water partition coefficient (Wildman–Crippen LogP) is 2.41. The van der Waals surface area contributed by atoms with Gasteiger partial charge >= 0.3 is 11.9 Å². The molecule has 2 N–H and O–H groups in total. The van der Waals surface area contributed by atoms with Crippen LogP contribution in [0.25, 0.3) is 10.8 Å². The zero-order valence-corrected chi connectivity index (χ0v) is 15.5. The molecule has 0 spiro atoms. The molecule has 2 rings (SSSR count). The zero-order chi connectivity index (χ0) is 20.0. The molecule has 0 aliphatic carbocycles. The number of phenolic OH excluding ortho intramolecular Hbond substituents is 1. The Morgan fingerprint density at radius 1 is 1.15 bits per heavy atom. The number of carbonyl (C=O) groups is 3. The van der Waals surface area contributed by atoms with Crippen molar-refractivity contribution in [3.63, 3.8) is 0 Å². The summed E-state index contributed by atoms with van der Waals surface area (Å²) in [6, 6.07) is 9.35. The molecule has 7 nitrogen and oxygen atoms in total. The number of benzene rings is 2. The number of methoxy groups -OCH3 is 1. The second-order valence-electron chi connectivity index (χ2n) is 6.21. The van der Waals surface area contributed by atoms with Crippen LogP contribution < -0.4 is 5.32 Å². The molecule has 0 fully saturated rings. The van der Waals surface area contributed by atoms with Crippen LogP contribution in [0.3, 0.4) is 0 Å². The average Bonchev–Trinajstić information content (AvgIpc) is 2.69. The molecule has 0 bridgehead atoms. The second-order valence-corrected chi connectivity index (χ2v) is 6.21.